The molecule has 4 rings (SSSR count). The number of hydrogen-bond acceptors (Lipinski definition) is 7. The summed E-state index contributed by atoms with van der Waals surface area (Å²) in [5, 5.41) is 9.23. The van der Waals surface area contributed by atoms with Crippen molar-refractivity contribution in [2.75, 3.05) is 5.32 Å². The second-order valence-corrected chi connectivity index (χ2v) is 7.87. The van der Waals surface area contributed by atoms with Crippen molar-refractivity contribution in [3.63, 3.8) is 0 Å². The lowest BCUT2D eigenvalue weighted by Gasteiger charge is -2.25. The number of rotatable bonds is 4. The Bertz CT molecular complexity index is 1180. The summed E-state index contributed by atoms with van der Waals surface area (Å²) in [6.07, 6.45) is 0. The van der Waals surface area contributed by atoms with E-state index in [1.165, 1.54) is 22.1 Å². The Kier molecular flexibility index (Phi) is 4.33. The van der Waals surface area contributed by atoms with Gasteiger partial charge in [0.25, 0.3) is 11.5 Å². The van der Waals surface area contributed by atoms with Gasteiger partial charge in [0.2, 0.25) is 0 Å². The van der Waals surface area contributed by atoms with Gasteiger partial charge in [-0.25, -0.2) is 4.68 Å². The van der Waals surface area contributed by atoms with E-state index in [4.69, 9.17) is 0 Å². The van der Waals surface area contributed by atoms with Crippen LogP contribution in [0.5, 0.6) is 0 Å². The molecule has 1 aromatic carbocycles. The zero-order chi connectivity index (χ0) is 19.0. The second-order valence-electron chi connectivity index (χ2n) is 6.40. The van der Waals surface area contributed by atoms with Crippen LogP contribution < -0.4 is 10.9 Å². The van der Waals surface area contributed by atoms with E-state index in [0.29, 0.717) is 22.4 Å². The molecule has 0 aliphatic heterocycles. The summed E-state index contributed by atoms with van der Waals surface area (Å²) < 4.78 is 9.62. The maximum atomic E-state index is 13.0. The highest BCUT2D eigenvalue weighted by Gasteiger charge is 2.33. The highest BCUT2D eigenvalue weighted by Crippen LogP contribution is 2.25. The van der Waals surface area contributed by atoms with Gasteiger partial charge in [-0.3, -0.25) is 9.59 Å². The van der Waals surface area contributed by atoms with E-state index in [0.717, 1.165) is 16.6 Å². The smallest absolute Gasteiger partial charge is 0.267 e. The van der Waals surface area contributed by atoms with Gasteiger partial charge in [0.15, 0.2) is 0 Å². The van der Waals surface area contributed by atoms with Gasteiger partial charge in [-0.2, -0.15) is 13.8 Å². The molecule has 4 aromatic rings. The summed E-state index contributed by atoms with van der Waals surface area (Å²) in [5.41, 5.74) is 1.00. The molecular weight excluding hydrogens is 382 g/mol. The monoisotopic (exact) mass is 397 g/mol. The van der Waals surface area contributed by atoms with Crippen LogP contribution in [0.3, 0.4) is 0 Å². The van der Waals surface area contributed by atoms with Crippen molar-refractivity contribution < 1.29 is 4.79 Å². The summed E-state index contributed by atoms with van der Waals surface area (Å²) in [6, 6.07) is 12.3. The summed E-state index contributed by atoms with van der Waals surface area (Å²) >= 11 is 2.61. The van der Waals surface area contributed by atoms with Crippen LogP contribution in [-0.2, 0) is 10.3 Å². The molecule has 1 amide bonds. The average molecular weight is 397 g/mol. The van der Waals surface area contributed by atoms with Crippen LogP contribution in [0.2, 0.25) is 0 Å². The third kappa shape index (κ3) is 3.15. The molecular formula is C18H15N5O2S2. The molecule has 0 fully saturated rings. The van der Waals surface area contributed by atoms with Gasteiger partial charge in [-0.1, -0.05) is 12.1 Å². The Hall–Kier alpha value is -2.91. The molecule has 0 aliphatic rings. The number of aromatic nitrogens is 4. The van der Waals surface area contributed by atoms with Crippen LogP contribution >= 0.6 is 23.1 Å². The zero-order valence-corrected chi connectivity index (χ0v) is 16.2. The summed E-state index contributed by atoms with van der Waals surface area (Å²) in [6.45, 7) is 3.32. The van der Waals surface area contributed by atoms with Gasteiger partial charge >= 0.3 is 0 Å². The largest absolute Gasteiger partial charge is 0.322 e. The Balaban J connectivity index is 1.70. The second kappa shape index (κ2) is 6.67. The molecule has 7 nitrogen and oxygen atoms in total. The van der Waals surface area contributed by atoms with Crippen molar-refractivity contribution >= 4 is 45.7 Å². The number of amides is 1. The van der Waals surface area contributed by atoms with E-state index in [-0.39, 0.29) is 11.5 Å². The lowest BCUT2D eigenvalue weighted by molar-refractivity contribution is -0.123. The number of nitrogens with zero attached hydrogens (tertiary/aromatic N) is 4. The number of hydrogen-bond donors (Lipinski definition) is 1. The fraction of sp³-hybridized carbons (Fsp3) is 0.167. The molecule has 0 saturated heterocycles. The van der Waals surface area contributed by atoms with Crippen LogP contribution in [0.15, 0.2) is 52.6 Å². The quantitative estimate of drug-likeness (QED) is 0.570. The van der Waals surface area contributed by atoms with Gasteiger partial charge in [0.1, 0.15) is 22.3 Å². The van der Waals surface area contributed by atoms with Gasteiger partial charge in [-0.15, -0.1) is 11.3 Å². The van der Waals surface area contributed by atoms with Gasteiger partial charge in [0, 0.05) is 6.07 Å². The van der Waals surface area contributed by atoms with Crippen molar-refractivity contribution in [1.82, 2.24) is 18.5 Å². The third-order valence-electron chi connectivity index (χ3n) is 4.19. The van der Waals surface area contributed by atoms with Crippen molar-refractivity contribution in [1.29, 1.82) is 0 Å². The Morgan fingerprint density at radius 2 is 1.96 bits per heavy atom. The molecule has 9 heteroatoms. The van der Waals surface area contributed by atoms with Crippen molar-refractivity contribution in [3.05, 3.63) is 58.2 Å². The minimum Gasteiger partial charge on any atom is -0.322 e. The van der Waals surface area contributed by atoms with E-state index in [1.54, 1.807) is 32.0 Å². The SMILES string of the molecule is CC(C)(C(=O)Nc1cccc2nsnc12)n1nc(-c2cccs2)ccc1=O. The molecule has 1 N–H and O–H groups in total. The first-order chi connectivity index (χ1) is 13.0. The Morgan fingerprint density at radius 3 is 2.74 bits per heavy atom. The van der Waals surface area contributed by atoms with Crippen LogP contribution in [0, 0.1) is 0 Å². The molecule has 3 heterocycles. The molecule has 3 aromatic heterocycles. The molecule has 0 spiro atoms. The number of benzene rings is 1. The van der Waals surface area contributed by atoms with Gasteiger partial charge in [-0.05, 0) is 43.5 Å². The van der Waals surface area contributed by atoms with E-state index < -0.39 is 5.54 Å². The van der Waals surface area contributed by atoms with E-state index in [9.17, 15) is 9.59 Å². The predicted molar refractivity (Wildman–Crippen MR) is 107 cm³/mol. The van der Waals surface area contributed by atoms with Gasteiger partial charge < -0.3 is 5.32 Å². The zero-order valence-electron chi connectivity index (χ0n) is 14.5. The summed E-state index contributed by atoms with van der Waals surface area (Å²) in [7, 11) is 0. The molecule has 136 valence electrons. The molecule has 0 unspecified atom stereocenters. The maximum absolute atomic E-state index is 13.0. The summed E-state index contributed by atoms with van der Waals surface area (Å²) in [4.78, 5) is 26.3. The van der Waals surface area contributed by atoms with Crippen molar-refractivity contribution in [3.8, 4) is 10.6 Å². The number of thiophene rings is 1. The fourth-order valence-corrected chi connectivity index (χ4v) is 3.89. The summed E-state index contributed by atoms with van der Waals surface area (Å²) in [5.74, 6) is -0.360. The first kappa shape index (κ1) is 17.5. The fourth-order valence-electron chi connectivity index (χ4n) is 2.65. The average Bonchev–Trinajstić information content (AvgIpc) is 3.34. The van der Waals surface area contributed by atoms with Crippen LogP contribution in [0.1, 0.15) is 13.8 Å². The molecule has 0 atom stereocenters. The normalized spacial score (nSPS) is 11.6. The number of fused-ring (bicyclic) bond motifs is 1. The number of nitrogens with one attached hydrogen (secondary N) is 1. The lowest BCUT2D eigenvalue weighted by atomic mass is 10.0. The first-order valence-electron chi connectivity index (χ1n) is 8.14. The van der Waals surface area contributed by atoms with Crippen LogP contribution in [0.4, 0.5) is 5.69 Å². The van der Waals surface area contributed by atoms with E-state index >= 15 is 0 Å². The van der Waals surface area contributed by atoms with E-state index in [2.05, 4.69) is 19.2 Å². The Morgan fingerprint density at radius 1 is 1.11 bits per heavy atom. The highest BCUT2D eigenvalue weighted by molar-refractivity contribution is 7.13. The Labute approximate surface area is 162 Å². The van der Waals surface area contributed by atoms with E-state index in [1.807, 2.05) is 23.6 Å². The number of carbonyl (C=O) groups excluding carboxylic acids is 1. The highest BCUT2D eigenvalue weighted by atomic mass is 32.1. The molecule has 0 aliphatic carbocycles. The topological polar surface area (TPSA) is 89.8 Å². The third-order valence-corrected chi connectivity index (χ3v) is 5.63. The minimum atomic E-state index is -1.20. The number of carbonyl (C=O) groups is 1. The standard InChI is InChI=1S/C18H15N5O2S2/c1-18(2,17(25)19-12-5-3-6-13-16(12)22-27-21-13)23-15(24)9-8-11(20-23)14-7-4-10-26-14/h3-10H,1-2H3,(H,19,25). The minimum absolute atomic E-state index is 0.344. The van der Waals surface area contributed by atoms with Gasteiger partial charge in [0.05, 0.1) is 22.3 Å². The molecule has 0 bridgehead atoms. The molecule has 0 saturated carbocycles. The van der Waals surface area contributed by atoms with Crippen LogP contribution in [-0.4, -0.2) is 24.4 Å². The first-order valence-corrected chi connectivity index (χ1v) is 9.75. The molecule has 0 radical (unpaired) electrons. The molecule has 27 heavy (non-hydrogen) atoms. The lowest BCUT2D eigenvalue weighted by Crippen LogP contribution is -2.47. The van der Waals surface area contributed by atoms with Crippen LogP contribution in [0.25, 0.3) is 21.6 Å². The maximum Gasteiger partial charge on any atom is 0.267 e. The number of anilines is 1. The predicted octanol–water partition coefficient (Wildman–Crippen LogP) is 3.35. The van der Waals surface area contributed by atoms with Crippen molar-refractivity contribution in [2.45, 2.75) is 19.4 Å². The van der Waals surface area contributed by atoms with Crippen molar-refractivity contribution in [2.24, 2.45) is 0 Å².